The lowest BCUT2D eigenvalue weighted by Crippen LogP contribution is -2.12. The minimum absolute atomic E-state index is 0.263. The van der Waals surface area contributed by atoms with Crippen molar-refractivity contribution in [1.29, 1.82) is 0 Å². The Hall–Kier alpha value is -2.54. The van der Waals surface area contributed by atoms with E-state index in [-0.39, 0.29) is 12.3 Å². The first kappa shape index (κ1) is 13.4. The first-order valence-electron chi connectivity index (χ1n) is 6.42. The molecule has 21 heavy (non-hydrogen) atoms. The topological polar surface area (TPSA) is 86.7 Å². The Morgan fingerprint density at radius 2 is 2.24 bits per heavy atom. The van der Waals surface area contributed by atoms with E-state index in [4.69, 9.17) is 5.73 Å². The molecule has 0 aliphatic rings. The molecular formula is C14H13N5OS. The molecule has 0 atom stereocenters. The van der Waals surface area contributed by atoms with Gasteiger partial charge in [0.2, 0.25) is 5.91 Å². The predicted molar refractivity (Wildman–Crippen MR) is 80.0 cm³/mol. The summed E-state index contributed by atoms with van der Waals surface area (Å²) >= 11 is 1.57. The highest BCUT2D eigenvalue weighted by Gasteiger charge is 2.10. The smallest absolute Gasteiger partial charge is 0.217 e. The van der Waals surface area contributed by atoms with Crippen molar-refractivity contribution in [3.05, 3.63) is 47.7 Å². The van der Waals surface area contributed by atoms with Crippen LogP contribution in [0.3, 0.4) is 0 Å². The van der Waals surface area contributed by atoms with Crippen LogP contribution in [0.25, 0.3) is 16.5 Å². The summed E-state index contributed by atoms with van der Waals surface area (Å²) in [5.74, 6) is 0.974. The monoisotopic (exact) mass is 299 g/mol. The Balaban J connectivity index is 2.02. The largest absolute Gasteiger partial charge is 0.370 e. The minimum Gasteiger partial charge on any atom is -0.370 e. The molecule has 7 heteroatoms. The first-order chi connectivity index (χ1) is 10.2. The SMILES string of the molecule is NC(=O)CCc1cc(-n2cccn2)nc(-c2cccs2)n1. The van der Waals surface area contributed by atoms with Gasteiger partial charge in [0.1, 0.15) is 0 Å². The van der Waals surface area contributed by atoms with Crippen molar-refractivity contribution >= 4 is 17.2 Å². The number of hydrogen-bond acceptors (Lipinski definition) is 5. The number of primary amides is 1. The summed E-state index contributed by atoms with van der Waals surface area (Å²) in [4.78, 5) is 21.0. The first-order valence-corrected chi connectivity index (χ1v) is 7.30. The number of aromatic nitrogens is 4. The highest BCUT2D eigenvalue weighted by Crippen LogP contribution is 2.22. The van der Waals surface area contributed by atoms with Crippen LogP contribution in [0.15, 0.2) is 42.0 Å². The van der Waals surface area contributed by atoms with Crippen LogP contribution >= 0.6 is 11.3 Å². The van der Waals surface area contributed by atoms with Gasteiger partial charge in [-0.3, -0.25) is 4.79 Å². The number of aryl methyl sites for hydroxylation is 1. The van der Waals surface area contributed by atoms with Gasteiger partial charge in [0.15, 0.2) is 11.6 Å². The Bertz CT molecular complexity index is 684. The quantitative estimate of drug-likeness (QED) is 0.778. The van der Waals surface area contributed by atoms with Gasteiger partial charge in [0, 0.05) is 30.6 Å². The molecule has 3 aromatic rings. The number of nitrogens with zero attached hydrogens (tertiary/aromatic N) is 4. The summed E-state index contributed by atoms with van der Waals surface area (Å²) in [6.07, 6.45) is 4.26. The van der Waals surface area contributed by atoms with E-state index in [9.17, 15) is 4.79 Å². The van der Waals surface area contributed by atoms with Crippen LogP contribution in [0.4, 0.5) is 0 Å². The van der Waals surface area contributed by atoms with Crippen LogP contribution in [-0.2, 0) is 11.2 Å². The maximum Gasteiger partial charge on any atom is 0.217 e. The highest BCUT2D eigenvalue weighted by atomic mass is 32.1. The standard InChI is InChI=1S/C14H13N5OS/c15-12(20)5-4-10-9-13(19-7-2-6-16-19)18-14(17-10)11-3-1-8-21-11/h1-3,6-9H,4-5H2,(H2,15,20). The average molecular weight is 299 g/mol. The van der Waals surface area contributed by atoms with E-state index >= 15 is 0 Å². The Labute approximate surface area is 125 Å². The van der Waals surface area contributed by atoms with Crippen molar-refractivity contribution in [2.75, 3.05) is 0 Å². The minimum atomic E-state index is -0.341. The molecule has 3 rings (SSSR count). The molecule has 0 aromatic carbocycles. The number of hydrogen-bond donors (Lipinski definition) is 1. The molecule has 0 saturated carbocycles. The van der Waals surface area contributed by atoms with Gasteiger partial charge in [0.05, 0.1) is 4.88 Å². The molecular weight excluding hydrogens is 286 g/mol. The summed E-state index contributed by atoms with van der Waals surface area (Å²) in [6, 6.07) is 7.57. The zero-order valence-electron chi connectivity index (χ0n) is 11.1. The van der Waals surface area contributed by atoms with Crippen molar-refractivity contribution in [3.63, 3.8) is 0 Å². The number of amides is 1. The molecule has 0 aliphatic carbocycles. The Kier molecular flexibility index (Phi) is 3.74. The third-order valence-electron chi connectivity index (χ3n) is 2.87. The zero-order valence-corrected chi connectivity index (χ0v) is 12.0. The van der Waals surface area contributed by atoms with Crippen molar-refractivity contribution in [2.45, 2.75) is 12.8 Å². The second kappa shape index (κ2) is 5.84. The fourth-order valence-electron chi connectivity index (χ4n) is 1.90. The fraction of sp³-hybridized carbons (Fsp3) is 0.143. The van der Waals surface area contributed by atoms with Gasteiger partial charge in [0.25, 0.3) is 0 Å². The highest BCUT2D eigenvalue weighted by molar-refractivity contribution is 7.13. The van der Waals surface area contributed by atoms with Gasteiger partial charge >= 0.3 is 0 Å². The van der Waals surface area contributed by atoms with Crippen molar-refractivity contribution in [3.8, 4) is 16.5 Å². The van der Waals surface area contributed by atoms with E-state index < -0.39 is 0 Å². The number of carbonyl (C=O) groups is 1. The maximum absolute atomic E-state index is 11.0. The second-order valence-corrected chi connectivity index (χ2v) is 5.38. The van der Waals surface area contributed by atoms with Gasteiger partial charge in [-0.25, -0.2) is 14.6 Å². The molecule has 0 radical (unpaired) electrons. The van der Waals surface area contributed by atoms with E-state index in [1.807, 2.05) is 35.8 Å². The molecule has 1 amide bonds. The number of thiophene rings is 1. The van der Waals surface area contributed by atoms with Crippen LogP contribution in [0.5, 0.6) is 0 Å². The maximum atomic E-state index is 11.0. The van der Waals surface area contributed by atoms with Gasteiger partial charge in [-0.2, -0.15) is 5.10 Å². The molecule has 0 unspecified atom stereocenters. The van der Waals surface area contributed by atoms with Crippen molar-refractivity contribution in [2.24, 2.45) is 5.73 Å². The number of nitrogens with two attached hydrogens (primary N) is 1. The lowest BCUT2D eigenvalue weighted by Gasteiger charge is -2.07. The van der Waals surface area contributed by atoms with Crippen molar-refractivity contribution in [1.82, 2.24) is 19.7 Å². The molecule has 3 heterocycles. The number of carbonyl (C=O) groups excluding carboxylic acids is 1. The zero-order chi connectivity index (χ0) is 14.7. The van der Waals surface area contributed by atoms with Gasteiger partial charge < -0.3 is 5.73 Å². The molecule has 0 bridgehead atoms. The van der Waals surface area contributed by atoms with Crippen LogP contribution in [0.1, 0.15) is 12.1 Å². The predicted octanol–water partition coefficient (Wildman–Crippen LogP) is 1.81. The van der Waals surface area contributed by atoms with Gasteiger partial charge in [-0.15, -0.1) is 11.3 Å². The summed E-state index contributed by atoms with van der Waals surface area (Å²) in [6.45, 7) is 0. The van der Waals surface area contributed by atoms with Crippen LogP contribution < -0.4 is 5.73 Å². The second-order valence-electron chi connectivity index (χ2n) is 4.44. The summed E-state index contributed by atoms with van der Waals surface area (Å²) in [7, 11) is 0. The molecule has 106 valence electrons. The van der Waals surface area contributed by atoms with Gasteiger partial charge in [-0.1, -0.05) is 6.07 Å². The molecule has 0 saturated heterocycles. The van der Waals surface area contributed by atoms with Crippen LogP contribution in [0.2, 0.25) is 0 Å². The molecule has 0 spiro atoms. The molecule has 2 N–H and O–H groups in total. The van der Waals surface area contributed by atoms with Crippen LogP contribution in [-0.4, -0.2) is 25.7 Å². The van der Waals surface area contributed by atoms with E-state index in [0.29, 0.717) is 18.1 Å². The number of rotatable bonds is 5. The van der Waals surface area contributed by atoms with E-state index in [1.54, 1.807) is 22.2 Å². The lowest BCUT2D eigenvalue weighted by molar-refractivity contribution is -0.118. The molecule has 0 fully saturated rings. The Morgan fingerprint density at radius 1 is 1.33 bits per heavy atom. The van der Waals surface area contributed by atoms with Gasteiger partial charge in [-0.05, 0) is 23.9 Å². The normalized spacial score (nSPS) is 10.7. The van der Waals surface area contributed by atoms with E-state index in [0.717, 1.165) is 10.6 Å². The van der Waals surface area contributed by atoms with E-state index in [2.05, 4.69) is 15.1 Å². The lowest BCUT2D eigenvalue weighted by atomic mass is 10.2. The van der Waals surface area contributed by atoms with Crippen LogP contribution in [0, 0.1) is 0 Å². The average Bonchev–Trinajstić information content (AvgIpc) is 3.17. The Morgan fingerprint density at radius 3 is 2.90 bits per heavy atom. The molecule has 0 aliphatic heterocycles. The molecule has 6 nitrogen and oxygen atoms in total. The third kappa shape index (κ3) is 3.14. The summed E-state index contributed by atoms with van der Waals surface area (Å²) in [5.41, 5.74) is 5.98. The third-order valence-corrected chi connectivity index (χ3v) is 3.74. The fourth-order valence-corrected chi connectivity index (χ4v) is 2.56. The van der Waals surface area contributed by atoms with E-state index in [1.165, 1.54) is 0 Å². The summed E-state index contributed by atoms with van der Waals surface area (Å²) < 4.78 is 1.67. The molecule has 3 aromatic heterocycles. The van der Waals surface area contributed by atoms with Crippen molar-refractivity contribution < 1.29 is 4.79 Å². The summed E-state index contributed by atoms with van der Waals surface area (Å²) in [5, 5.41) is 6.16.